The zero-order valence-electron chi connectivity index (χ0n) is 14.2. The van der Waals surface area contributed by atoms with E-state index in [2.05, 4.69) is 14.7 Å². The van der Waals surface area contributed by atoms with Crippen molar-refractivity contribution in [2.45, 2.75) is 25.4 Å². The number of piperidine rings is 3. The maximum Gasteiger partial charge on any atom is 0.336 e. The number of hydrogen-bond acceptors (Lipinski definition) is 4. The van der Waals surface area contributed by atoms with E-state index >= 15 is 0 Å². The van der Waals surface area contributed by atoms with Gasteiger partial charge < -0.3 is 10.0 Å². The molecular formula is C19H27N3O2. The van der Waals surface area contributed by atoms with Gasteiger partial charge in [-0.05, 0) is 43.5 Å². The van der Waals surface area contributed by atoms with Crippen LogP contribution in [0.5, 0.6) is 0 Å². The summed E-state index contributed by atoms with van der Waals surface area (Å²) in [6.07, 6.45) is 2.74. The zero-order chi connectivity index (χ0) is 16.5. The van der Waals surface area contributed by atoms with E-state index in [0.717, 1.165) is 50.2 Å². The van der Waals surface area contributed by atoms with Crippen LogP contribution in [0.25, 0.3) is 0 Å². The molecule has 1 atom stereocenters. The van der Waals surface area contributed by atoms with Gasteiger partial charge in [-0.15, -0.1) is 0 Å². The molecule has 1 N–H and O–H groups in total. The molecule has 0 amide bonds. The van der Waals surface area contributed by atoms with Crippen molar-refractivity contribution in [1.29, 1.82) is 0 Å². The molecule has 0 aliphatic carbocycles. The highest BCUT2D eigenvalue weighted by Gasteiger charge is 2.38. The van der Waals surface area contributed by atoms with E-state index in [1.54, 1.807) is 12.1 Å². The van der Waals surface area contributed by atoms with E-state index in [9.17, 15) is 9.90 Å². The minimum atomic E-state index is -0.823. The SMILES string of the molecule is O=C(O)c1ccccc1CN1CCN([C@H]2CN3CCC2CC3)CC1. The summed E-state index contributed by atoms with van der Waals surface area (Å²) in [5.41, 5.74) is 1.37. The lowest BCUT2D eigenvalue weighted by Gasteiger charge is -2.51. The van der Waals surface area contributed by atoms with Gasteiger partial charge in [-0.25, -0.2) is 4.79 Å². The van der Waals surface area contributed by atoms with Gasteiger partial charge in [-0.2, -0.15) is 0 Å². The van der Waals surface area contributed by atoms with E-state index < -0.39 is 5.97 Å². The third-order valence-electron chi connectivity index (χ3n) is 6.14. The molecule has 0 unspecified atom stereocenters. The predicted octanol–water partition coefficient (Wildman–Crippen LogP) is 1.60. The average molecular weight is 329 g/mol. The Morgan fingerprint density at radius 1 is 1.04 bits per heavy atom. The topological polar surface area (TPSA) is 47.0 Å². The summed E-state index contributed by atoms with van der Waals surface area (Å²) in [6.45, 7) is 8.91. The smallest absolute Gasteiger partial charge is 0.336 e. The van der Waals surface area contributed by atoms with Crippen LogP contribution in [0.4, 0.5) is 0 Å². The fourth-order valence-corrected chi connectivity index (χ4v) is 4.71. The van der Waals surface area contributed by atoms with E-state index in [0.29, 0.717) is 5.56 Å². The molecule has 130 valence electrons. The first-order valence-electron chi connectivity index (χ1n) is 9.20. The highest BCUT2D eigenvalue weighted by Crippen LogP contribution is 2.31. The average Bonchev–Trinajstić information content (AvgIpc) is 2.63. The van der Waals surface area contributed by atoms with E-state index in [1.807, 2.05) is 12.1 Å². The van der Waals surface area contributed by atoms with Gasteiger partial charge in [0.05, 0.1) is 5.56 Å². The maximum absolute atomic E-state index is 11.4. The second-order valence-corrected chi connectivity index (χ2v) is 7.48. The number of nitrogens with zero attached hydrogens (tertiary/aromatic N) is 3. The normalized spacial score (nSPS) is 31.2. The molecule has 0 radical (unpaired) electrons. The lowest BCUT2D eigenvalue weighted by Crippen LogP contribution is -2.60. The third-order valence-corrected chi connectivity index (χ3v) is 6.14. The third kappa shape index (κ3) is 3.21. The van der Waals surface area contributed by atoms with Gasteiger partial charge in [-0.1, -0.05) is 18.2 Å². The second kappa shape index (κ2) is 6.82. The lowest BCUT2D eigenvalue weighted by molar-refractivity contribution is -0.0162. The highest BCUT2D eigenvalue weighted by atomic mass is 16.4. The van der Waals surface area contributed by atoms with E-state index in [1.165, 1.54) is 32.5 Å². The molecule has 5 nitrogen and oxygen atoms in total. The van der Waals surface area contributed by atoms with Crippen molar-refractivity contribution in [3.63, 3.8) is 0 Å². The summed E-state index contributed by atoms with van der Waals surface area (Å²) < 4.78 is 0. The molecule has 4 heterocycles. The number of carboxylic acid groups (broad SMARTS) is 1. The molecule has 5 heteroatoms. The van der Waals surface area contributed by atoms with Gasteiger partial charge >= 0.3 is 5.97 Å². The molecular weight excluding hydrogens is 302 g/mol. The molecule has 0 spiro atoms. The van der Waals surface area contributed by atoms with Crippen molar-refractivity contribution in [3.05, 3.63) is 35.4 Å². The maximum atomic E-state index is 11.4. The molecule has 0 saturated carbocycles. The van der Waals surface area contributed by atoms with Crippen LogP contribution in [0.15, 0.2) is 24.3 Å². The Balaban J connectivity index is 1.34. The Hall–Kier alpha value is -1.43. The van der Waals surface area contributed by atoms with Crippen LogP contribution in [0, 0.1) is 5.92 Å². The Bertz CT molecular complexity index is 590. The molecule has 4 fully saturated rings. The minimum Gasteiger partial charge on any atom is -0.478 e. The Labute approximate surface area is 143 Å². The fourth-order valence-electron chi connectivity index (χ4n) is 4.71. The summed E-state index contributed by atoms with van der Waals surface area (Å²) in [6, 6.07) is 8.15. The highest BCUT2D eigenvalue weighted by molar-refractivity contribution is 5.89. The van der Waals surface area contributed by atoms with E-state index in [4.69, 9.17) is 0 Å². The van der Waals surface area contributed by atoms with Crippen LogP contribution >= 0.6 is 0 Å². The van der Waals surface area contributed by atoms with Crippen molar-refractivity contribution < 1.29 is 9.90 Å². The quantitative estimate of drug-likeness (QED) is 0.909. The Morgan fingerprint density at radius 2 is 1.75 bits per heavy atom. The molecule has 5 rings (SSSR count). The molecule has 4 aliphatic rings. The van der Waals surface area contributed by atoms with Crippen LogP contribution in [0.1, 0.15) is 28.8 Å². The number of aromatic carboxylic acids is 1. The fraction of sp³-hybridized carbons (Fsp3) is 0.632. The van der Waals surface area contributed by atoms with Gasteiger partial charge in [0.1, 0.15) is 0 Å². The number of benzene rings is 1. The summed E-state index contributed by atoms with van der Waals surface area (Å²) in [4.78, 5) is 19.1. The monoisotopic (exact) mass is 329 g/mol. The van der Waals surface area contributed by atoms with Crippen molar-refractivity contribution in [2.75, 3.05) is 45.8 Å². The number of piperazine rings is 1. The van der Waals surface area contributed by atoms with Gasteiger partial charge in [0.25, 0.3) is 0 Å². The first kappa shape index (κ1) is 16.1. The first-order chi connectivity index (χ1) is 11.7. The Kier molecular flexibility index (Phi) is 4.57. The lowest BCUT2D eigenvalue weighted by atomic mass is 9.83. The first-order valence-corrected chi connectivity index (χ1v) is 9.20. The van der Waals surface area contributed by atoms with Gasteiger partial charge in [0.2, 0.25) is 0 Å². The molecule has 2 bridgehead atoms. The predicted molar refractivity (Wildman–Crippen MR) is 93.2 cm³/mol. The number of carbonyl (C=O) groups is 1. The van der Waals surface area contributed by atoms with Gasteiger partial charge in [0.15, 0.2) is 0 Å². The standard InChI is InChI=1S/C19H27N3O2/c23-19(24)17-4-2-1-3-16(17)13-21-9-11-22(12-10-21)18-14-20-7-5-15(18)6-8-20/h1-4,15,18H,5-14H2,(H,23,24)/t18-/m0/s1. The molecule has 24 heavy (non-hydrogen) atoms. The minimum absolute atomic E-state index is 0.442. The van der Waals surface area contributed by atoms with Crippen molar-refractivity contribution in [3.8, 4) is 0 Å². The molecule has 0 aromatic heterocycles. The summed E-state index contributed by atoms with van der Waals surface area (Å²) >= 11 is 0. The van der Waals surface area contributed by atoms with Crippen LogP contribution in [0.3, 0.4) is 0 Å². The van der Waals surface area contributed by atoms with Gasteiger partial charge in [0, 0.05) is 45.3 Å². The summed E-state index contributed by atoms with van der Waals surface area (Å²) in [5, 5.41) is 9.34. The van der Waals surface area contributed by atoms with Crippen LogP contribution < -0.4 is 0 Å². The molecule has 4 aliphatic heterocycles. The largest absolute Gasteiger partial charge is 0.478 e. The van der Waals surface area contributed by atoms with Crippen LogP contribution in [0.2, 0.25) is 0 Å². The second-order valence-electron chi connectivity index (χ2n) is 7.48. The summed E-state index contributed by atoms with van der Waals surface area (Å²) in [5.74, 6) is 0.0748. The van der Waals surface area contributed by atoms with E-state index in [-0.39, 0.29) is 0 Å². The Morgan fingerprint density at radius 3 is 2.38 bits per heavy atom. The number of carboxylic acids is 1. The zero-order valence-corrected chi connectivity index (χ0v) is 14.2. The van der Waals surface area contributed by atoms with Crippen molar-refractivity contribution in [1.82, 2.24) is 14.7 Å². The molecule has 1 aromatic rings. The van der Waals surface area contributed by atoms with Crippen LogP contribution in [-0.4, -0.2) is 77.6 Å². The van der Waals surface area contributed by atoms with Crippen molar-refractivity contribution in [2.24, 2.45) is 5.92 Å². The molecule has 4 saturated heterocycles. The van der Waals surface area contributed by atoms with Crippen LogP contribution in [-0.2, 0) is 6.54 Å². The van der Waals surface area contributed by atoms with Crippen molar-refractivity contribution >= 4 is 5.97 Å². The number of hydrogen-bond donors (Lipinski definition) is 1. The summed E-state index contributed by atoms with van der Waals surface area (Å²) in [7, 11) is 0. The van der Waals surface area contributed by atoms with Gasteiger partial charge in [-0.3, -0.25) is 9.80 Å². The number of fused-ring (bicyclic) bond motifs is 3. The molecule has 1 aromatic carbocycles. The number of rotatable bonds is 4.